The van der Waals surface area contributed by atoms with E-state index >= 15 is 0 Å². The van der Waals surface area contributed by atoms with Gasteiger partial charge < -0.3 is 10.6 Å². The predicted molar refractivity (Wildman–Crippen MR) is 101 cm³/mol. The second-order valence-electron chi connectivity index (χ2n) is 7.40. The fourth-order valence-electron chi connectivity index (χ4n) is 2.34. The van der Waals surface area contributed by atoms with Crippen LogP contribution in [0.2, 0.25) is 0 Å². The van der Waals surface area contributed by atoms with Crippen LogP contribution in [0.3, 0.4) is 0 Å². The lowest BCUT2D eigenvalue weighted by Gasteiger charge is -2.24. The van der Waals surface area contributed by atoms with Gasteiger partial charge in [0.2, 0.25) is 0 Å². The molecule has 0 bridgehead atoms. The Kier molecular flexibility index (Phi) is 11.0. The van der Waals surface area contributed by atoms with E-state index in [0.717, 1.165) is 0 Å². The molecule has 0 saturated heterocycles. The summed E-state index contributed by atoms with van der Waals surface area (Å²) in [4.78, 5) is 24.6. The van der Waals surface area contributed by atoms with Crippen molar-refractivity contribution in [3.05, 3.63) is 0 Å². The van der Waals surface area contributed by atoms with Crippen LogP contribution in [0, 0.1) is 11.8 Å². The van der Waals surface area contributed by atoms with Crippen LogP contribution in [-0.2, 0) is 9.59 Å². The fourth-order valence-corrected chi connectivity index (χ4v) is 3.47. The number of ketones is 2. The number of Topliss-reactive ketones (excluding diaryl/α,β-unsaturated/α-hetero) is 2. The van der Waals surface area contributed by atoms with Crippen LogP contribution >= 0.6 is 11.8 Å². The van der Waals surface area contributed by atoms with Gasteiger partial charge in [-0.05, 0) is 0 Å². The van der Waals surface area contributed by atoms with Gasteiger partial charge in [0, 0.05) is 35.4 Å². The summed E-state index contributed by atoms with van der Waals surface area (Å²) in [5, 5.41) is 6.70. The van der Waals surface area contributed by atoms with Crippen LogP contribution in [0.4, 0.5) is 0 Å². The Morgan fingerprint density at radius 1 is 0.696 bits per heavy atom. The van der Waals surface area contributed by atoms with Crippen molar-refractivity contribution in [1.29, 1.82) is 0 Å². The minimum Gasteiger partial charge on any atom is -0.305 e. The van der Waals surface area contributed by atoms with Crippen LogP contribution in [0.1, 0.15) is 55.4 Å². The maximum atomic E-state index is 12.3. The second-order valence-corrected chi connectivity index (χ2v) is 8.47. The zero-order valence-electron chi connectivity index (χ0n) is 16.1. The van der Waals surface area contributed by atoms with E-state index in [1.807, 2.05) is 27.7 Å². The van der Waals surface area contributed by atoms with Crippen LogP contribution in [-0.4, -0.2) is 47.2 Å². The van der Waals surface area contributed by atoms with Crippen LogP contribution in [0.5, 0.6) is 0 Å². The SMILES string of the molecule is CC(C)NC(CSCC(NC(C)C)C(=O)C(C)C)C(=O)C(C)C. The van der Waals surface area contributed by atoms with Gasteiger partial charge in [-0.25, -0.2) is 0 Å². The first-order valence-corrected chi connectivity index (χ1v) is 9.88. The lowest BCUT2D eigenvalue weighted by atomic mass is 10.0. The van der Waals surface area contributed by atoms with Crippen LogP contribution in [0.15, 0.2) is 0 Å². The number of carbonyl (C=O) groups excluding carboxylic acids is 2. The van der Waals surface area contributed by atoms with E-state index in [9.17, 15) is 9.59 Å². The third kappa shape index (κ3) is 9.48. The maximum absolute atomic E-state index is 12.3. The summed E-state index contributed by atoms with van der Waals surface area (Å²) in [6.07, 6.45) is 0. The molecule has 0 aromatic rings. The van der Waals surface area contributed by atoms with Gasteiger partial charge in [-0.2, -0.15) is 11.8 Å². The lowest BCUT2D eigenvalue weighted by molar-refractivity contribution is -0.124. The smallest absolute Gasteiger partial charge is 0.153 e. The molecule has 0 saturated carbocycles. The molecule has 4 nitrogen and oxygen atoms in total. The molecular formula is C18H36N2O2S. The standard InChI is InChI=1S/C18H36N2O2S/c1-11(2)17(21)15(19-13(5)6)9-23-10-16(20-14(7)8)18(22)12(3)4/h11-16,19-20H,9-10H2,1-8H3. The number of thioether (sulfide) groups is 1. The average molecular weight is 345 g/mol. The van der Waals surface area contributed by atoms with E-state index in [4.69, 9.17) is 0 Å². The first-order chi connectivity index (χ1) is 10.6. The Morgan fingerprint density at radius 3 is 1.22 bits per heavy atom. The van der Waals surface area contributed by atoms with Crippen molar-refractivity contribution in [3.8, 4) is 0 Å². The van der Waals surface area contributed by atoms with E-state index in [-0.39, 0.29) is 47.6 Å². The molecule has 2 atom stereocenters. The molecular weight excluding hydrogens is 308 g/mol. The molecule has 136 valence electrons. The average Bonchev–Trinajstić information content (AvgIpc) is 2.42. The van der Waals surface area contributed by atoms with Crippen molar-refractivity contribution in [2.45, 2.75) is 79.6 Å². The fraction of sp³-hybridized carbons (Fsp3) is 0.889. The molecule has 0 aromatic heterocycles. The van der Waals surface area contributed by atoms with E-state index in [1.165, 1.54) is 0 Å². The van der Waals surface area contributed by atoms with Crippen molar-refractivity contribution in [3.63, 3.8) is 0 Å². The Labute approximate surface area is 146 Å². The molecule has 0 fully saturated rings. The van der Waals surface area contributed by atoms with Gasteiger partial charge in [0.15, 0.2) is 11.6 Å². The maximum Gasteiger partial charge on any atom is 0.153 e. The van der Waals surface area contributed by atoms with Crippen LogP contribution < -0.4 is 10.6 Å². The van der Waals surface area contributed by atoms with Crippen molar-refractivity contribution < 1.29 is 9.59 Å². The van der Waals surface area contributed by atoms with Crippen molar-refractivity contribution >= 4 is 23.3 Å². The van der Waals surface area contributed by atoms with Gasteiger partial charge >= 0.3 is 0 Å². The monoisotopic (exact) mass is 344 g/mol. The molecule has 0 radical (unpaired) electrons. The van der Waals surface area contributed by atoms with Gasteiger partial charge in [-0.3, -0.25) is 9.59 Å². The molecule has 0 amide bonds. The molecule has 0 aliphatic heterocycles. The molecule has 2 N–H and O–H groups in total. The molecule has 23 heavy (non-hydrogen) atoms. The minimum absolute atomic E-state index is 0.0220. The van der Waals surface area contributed by atoms with Crippen molar-refractivity contribution in [2.75, 3.05) is 11.5 Å². The van der Waals surface area contributed by atoms with Crippen molar-refractivity contribution in [1.82, 2.24) is 10.6 Å². The Bertz CT molecular complexity index is 334. The summed E-state index contributed by atoms with van der Waals surface area (Å²) < 4.78 is 0. The highest BCUT2D eigenvalue weighted by Crippen LogP contribution is 2.13. The zero-order chi connectivity index (χ0) is 18.2. The van der Waals surface area contributed by atoms with Crippen LogP contribution in [0.25, 0.3) is 0 Å². The highest BCUT2D eigenvalue weighted by Gasteiger charge is 2.25. The van der Waals surface area contributed by atoms with Gasteiger partial charge in [0.1, 0.15) is 0 Å². The lowest BCUT2D eigenvalue weighted by Crippen LogP contribution is -2.46. The number of nitrogens with one attached hydrogen (secondary N) is 2. The van der Waals surface area contributed by atoms with E-state index in [1.54, 1.807) is 11.8 Å². The van der Waals surface area contributed by atoms with Crippen molar-refractivity contribution in [2.24, 2.45) is 11.8 Å². The largest absolute Gasteiger partial charge is 0.305 e. The summed E-state index contributed by atoms with van der Waals surface area (Å²) in [6, 6.07) is 0.248. The van der Waals surface area contributed by atoms with Gasteiger partial charge in [0.05, 0.1) is 12.1 Å². The Hall–Kier alpha value is -0.390. The molecule has 0 aliphatic carbocycles. The highest BCUT2D eigenvalue weighted by atomic mass is 32.2. The third-order valence-electron chi connectivity index (χ3n) is 3.46. The third-order valence-corrected chi connectivity index (χ3v) is 4.60. The molecule has 0 spiro atoms. The quantitative estimate of drug-likeness (QED) is 0.570. The normalized spacial score (nSPS) is 14.8. The summed E-state index contributed by atoms with van der Waals surface area (Å²) >= 11 is 1.68. The molecule has 0 aliphatic rings. The van der Waals surface area contributed by atoms with Gasteiger partial charge in [-0.1, -0.05) is 55.4 Å². The van der Waals surface area contributed by atoms with E-state index < -0.39 is 0 Å². The first kappa shape index (κ1) is 22.6. The topological polar surface area (TPSA) is 58.2 Å². The first-order valence-electron chi connectivity index (χ1n) is 8.73. The number of rotatable bonds is 12. The molecule has 0 aromatic carbocycles. The van der Waals surface area contributed by atoms with E-state index in [2.05, 4.69) is 38.3 Å². The summed E-state index contributed by atoms with van der Waals surface area (Å²) in [6.45, 7) is 16.0. The zero-order valence-corrected chi connectivity index (χ0v) is 16.9. The summed E-state index contributed by atoms with van der Waals surface area (Å²) in [5.41, 5.74) is 0. The molecule has 0 heterocycles. The Morgan fingerprint density at radius 2 is 1.00 bits per heavy atom. The highest BCUT2D eigenvalue weighted by molar-refractivity contribution is 7.99. The van der Waals surface area contributed by atoms with Gasteiger partial charge in [0.25, 0.3) is 0 Å². The summed E-state index contributed by atoms with van der Waals surface area (Å²) in [5.74, 6) is 1.94. The number of hydrogen-bond donors (Lipinski definition) is 2. The summed E-state index contributed by atoms with van der Waals surface area (Å²) in [7, 11) is 0. The van der Waals surface area contributed by atoms with E-state index in [0.29, 0.717) is 11.5 Å². The number of carbonyl (C=O) groups is 2. The number of hydrogen-bond acceptors (Lipinski definition) is 5. The Balaban J connectivity index is 4.67. The van der Waals surface area contributed by atoms with Gasteiger partial charge in [-0.15, -0.1) is 0 Å². The minimum atomic E-state index is -0.145. The molecule has 0 rings (SSSR count). The molecule has 5 heteroatoms. The second kappa shape index (κ2) is 11.2. The molecule has 2 unspecified atom stereocenters. The predicted octanol–water partition coefficient (Wildman–Crippen LogP) is 2.90.